The second-order valence-electron chi connectivity index (χ2n) is 5.66. The summed E-state index contributed by atoms with van der Waals surface area (Å²) in [4.78, 5) is 26.3. The molecule has 2 aromatic carbocycles. The number of hydrogen-bond donors (Lipinski definition) is 1. The van der Waals surface area contributed by atoms with Crippen molar-refractivity contribution in [1.82, 2.24) is 10.2 Å². The molecule has 0 spiro atoms. The Kier molecular flexibility index (Phi) is 3.78. The summed E-state index contributed by atoms with van der Waals surface area (Å²) in [6.45, 7) is 1.94. The average Bonchev–Trinajstić information content (AvgIpc) is 2.80. The molecule has 5 nitrogen and oxygen atoms in total. The summed E-state index contributed by atoms with van der Waals surface area (Å²) < 4.78 is 5.18. The van der Waals surface area contributed by atoms with Crippen molar-refractivity contribution < 1.29 is 14.3 Å². The first kappa shape index (κ1) is 15.1. The van der Waals surface area contributed by atoms with Gasteiger partial charge >= 0.3 is 6.03 Å². The lowest BCUT2D eigenvalue weighted by atomic mass is 9.92. The lowest BCUT2D eigenvalue weighted by molar-refractivity contribution is -0.131. The van der Waals surface area contributed by atoms with Gasteiger partial charge in [-0.3, -0.25) is 9.69 Å². The van der Waals surface area contributed by atoms with Crippen molar-refractivity contribution in [2.45, 2.75) is 19.0 Å². The van der Waals surface area contributed by atoms with Gasteiger partial charge in [0.05, 0.1) is 13.7 Å². The predicted octanol–water partition coefficient (Wildman–Crippen LogP) is 2.66. The summed E-state index contributed by atoms with van der Waals surface area (Å²) in [5, 5.41) is 2.80. The zero-order chi connectivity index (χ0) is 16.4. The van der Waals surface area contributed by atoms with Crippen LogP contribution >= 0.6 is 0 Å². The van der Waals surface area contributed by atoms with Crippen LogP contribution in [0.3, 0.4) is 0 Å². The number of methoxy groups -OCH3 is 1. The second-order valence-corrected chi connectivity index (χ2v) is 5.66. The van der Waals surface area contributed by atoms with Crippen LogP contribution in [0.2, 0.25) is 0 Å². The molecule has 118 valence electrons. The van der Waals surface area contributed by atoms with E-state index in [0.717, 1.165) is 11.1 Å². The van der Waals surface area contributed by atoms with E-state index in [1.54, 1.807) is 14.0 Å². The van der Waals surface area contributed by atoms with Crippen LogP contribution in [0.4, 0.5) is 4.79 Å². The SMILES string of the molecule is COc1cccc(CN2C(=O)N[C@](C)(c3ccccc3)C2=O)c1. The minimum atomic E-state index is -1.03. The van der Waals surface area contributed by atoms with Crippen LogP contribution in [-0.4, -0.2) is 23.9 Å². The van der Waals surface area contributed by atoms with E-state index in [-0.39, 0.29) is 18.5 Å². The van der Waals surface area contributed by atoms with Gasteiger partial charge in [-0.1, -0.05) is 42.5 Å². The molecule has 0 aliphatic carbocycles. The lowest BCUT2D eigenvalue weighted by Gasteiger charge is -2.22. The molecule has 3 amide bonds. The summed E-state index contributed by atoms with van der Waals surface area (Å²) in [7, 11) is 1.58. The molecule has 1 atom stereocenters. The maximum atomic E-state index is 12.8. The number of urea groups is 1. The zero-order valence-corrected chi connectivity index (χ0v) is 13.1. The molecule has 0 bridgehead atoms. The maximum absolute atomic E-state index is 12.8. The molecule has 5 heteroatoms. The fraction of sp³-hybridized carbons (Fsp3) is 0.222. The molecular formula is C18H18N2O3. The van der Waals surface area contributed by atoms with Gasteiger partial charge in [-0.15, -0.1) is 0 Å². The van der Waals surface area contributed by atoms with Crippen LogP contribution in [0, 0.1) is 0 Å². The lowest BCUT2D eigenvalue weighted by Crippen LogP contribution is -2.40. The van der Waals surface area contributed by atoms with Crippen molar-refractivity contribution in [1.29, 1.82) is 0 Å². The molecule has 1 saturated heterocycles. The third-order valence-corrected chi connectivity index (χ3v) is 4.10. The van der Waals surface area contributed by atoms with Crippen LogP contribution < -0.4 is 10.1 Å². The molecular weight excluding hydrogens is 292 g/mol. The minimum absolute atomic E-state index is 0.213. The van der Waals surface area contributed by atoms with Gasteiger partial charge in [-0.25, -0.2) is 4.79 Å². The number of nitrogens with zero attached hydrogens (tertiary/aromatic N) is 1. The Hall–Kier alpha value is -2.82. The van der Waals surface area contributed by atoms with E-state index in [2.05, 4.69) is 5.32 Å². The largest absolute Gasteiger partial charge is 0.497 e. The number of imide groups is 1. The van der Waals surface area contributed by atoms with E-state index in [9.17, 15) is 9.59 Å². The number of carbonyl (C=O) groups is 2. The molecule has 0 saturated carbocycles. The van der Waals surface area contributed by atoms with Crippen LogP contribution in [0.1, 0.15) is 18.1 Å². The van der Waals surface area contributed by atoms with Crippen LogP contribution in [0.15, 0.2) is 54.6 Å². The topological polar surface area (TPSA) is 58.6 Å². The summed E-state index contributed by atoms with van der Waals surface area (Å²) >= 11 is 0. The van der Waals surface area contributed by atoms with Crippen LogP contribution in [0.5, 0.6) is 5.75 Å². The van der Waals surface area contributed by atoms with Crippen LogP contribution in [0.25, 0.3) is 0 Å². The Bertz CT molecular complexity index is 745. The molecule has 23 heavy (non-hydrogen) atoms. The van der Waals surface area contributed by atoms with Gasteiger partial charge in [0.25, 0.3) is 5.91 Å². The normalized spacial score (nSPS) is 20.5. The highest BCUT2D eigenvalue weighted by atomic mass is 16.5. The van der Waals surface area contributed by atoms with Gasteiger partial charge in [-0.05, 0) is 30.2 Å². The molecule has 0 unspecified atom stereocenters. The van der Waals surface area contributed by atoms with Gasteiger partial charge in [0, 0.05) is 0 Å². The van der Waals surface area contributed by atoms with E-state index in [1.165, 1.54) is 4.90 Å². The third-order valence-electron chi connectivity index (χ3n) is 4.10. The summed E-state index contributed by atoms with van der Waals surface area (Å²) in [6.07, 6.45) is 0. The fourth-order valence-electron chi connectivity index (χ4n) is 2.76. The number of benzene rings is 2. The van der Waals surface area contributed by atoms with Gasteiger partial charge in [-0.2, -0.15) is 0 Å². The van der Waals surface area contributed by atoms with Crippen molar-refractivity contribution in [3.05, 3.63) is 65.7 Å². The van der Waals surface area contributed by atoms with E-state index in [1.807, 2.05) is 54.6 Å². The van der Waals surface area contributed by atoms with E-state index in [0.29, 0.717) is 5.75 Å². The molecule has 1 heterocycles. The zero-order valence-electron chi connectivity index (χ0n) is 13.1. The minimum Gasteiger partial charge on any atom is -0.497 e. The van der Waals surface area contributed by atoms with Gasteiger partial charge < -0.3 is 10.1 Å². The quantitative estimate of drug-likeness (QED) is 0.883. The number of rotatable bonds is 4. The molecule has 3 rings (SSSR count). The highest BCUT2D eigenvalue weighted by Gasteiger charge is 2.48. The summed E-state index contributed by atoms with van der Waals surface area (Å²) in [5.74, 6) is 0.442. The first-order valence-corrected chi connectivity index (χ1v) is 7.37. The predicted molar refractivity (Wildman–Crippen MR) is 85.9 cm³/mol. The highest BCUT2D eigenvalue weighted by molar-refractivity contribution is 6.07. The van der Waals surface area contributed by atoms with Crippen molar-refractivity contribution in [2.75, 3.05) is 7.11 Å². The Balaban J connectivity index is 1.87. The molecule has 1 N–H and O–H groups in total. The summed E-state index contributed by atoms with van der Waals surface area (Å²) in [5.41, 5.74) is 0.577. The smallest absolute Gasteiger partial charge is 0.325 e. The fourth-order valence-corrected chi connectivity index (χ4v) is 2.76. The van der Waals surface area contributed by atoms with Gasteiger partial charge in [0.15, 0.2) is 0 Å². The van der Waals surface area contributed by atoms with Crippen molar-refractivity contribution in [3.63, 3.8) is 0 Å². The molecule has 1 aliphatic rings. The Morgan fingerprint density at radius 3 is 2.52 bits per heavy atom. The molecule has 1 aliphatic heterocycles. The molecule has 0 aromatic heterocycles. The standard InChI is InChI=1S/C18H18N2O3/c1-18(14-8-4-3-5-9-14)16(21)20(17(22)19-18)12-13-7-6-10-15(11-13)23-2/h3-11H,12H2,1-2H3,(H,19,22)/t18-/m1/s1. The maximum Gasteiger partial charge on any atom is 0.325 e. The van der Waals surface area contributed by atoms with Crippen molar-refractivity contribution in [3.8, 4) is 5.75 Å². The van der Waals surface area contributed by atoms with E-state index < -0.39 is 5.54 Å². The number of ether oxygens (including phenoxy) is 1. The monoisotopic (exact) mass is 310 g/mol. The number of carbonyl (C=O) groups excluding carboxylic acids is 2. The molecule has 2 aromatic rings. The van der Waals surface area contributed by atoms with E-state index in [4.69, 9.17) is 4.74 Å². The van der Waals surface area contributed by atoms with Crippen LogP contribution in [-0.2, 0) is 16.9 Å². The van der Waals surface area contributed by atoms with E-state index >= 15 is 0 Å². The number of hydrogen-bond acceptors (Lipinski definition) is 3. The molecule has 1 fully saturated rings. The Morgan fingerprint density at radius 1 is 1.09 bits per heavy atom. The first-order chi connectivity index (χ1) is 11.0. The number of nitrogens with one attached hydrogen (secondary N) is 1. The average molecular weight is 310 g/mol. The second kappa shape index (κ2) is 5.76. The van der Waals surface area contributed by atoms with Crippen molar-refractivity contribution in [2.24, 2.45) is 0 Å². The van der Waals surface area contributed by atoms with Gasteiger partial charge in [0.2, 0.25) is 0 Å². The highest BCUT2D eigenvalue weighted by Crippen LogP contribution is 2.29. The van der Waals surface area contributed by atoms with Gasteiger partial charge in [0.1, 0.15) is 11.3 Å². The van der Waals surface area contributed by atoms with Crippen molar-refractivity contribution >= 4 is 11.9 Å². The Morgan fingerprint density at radius 2 is 1.83 bits per heavy atom. The Labute approximate surface area is 134 Å². The summed E-state index contributed by atoms with van der Waals surface area (Å²) in [6, 6.07) is 16.2. The number of amides is 3. The molecule has 0 radical (unpaired) electrons. The first-order valence-electron chi connectivity index (χ1n) is 7.37. The third kappa shape index (κ3) is 2.65.